The number of ether oxygens (including phenoxy) is 1. The van der Waals surface area contributed by atoms with Crippen molar-refractivity contribution in [2.75, 3.05) is 6.61 Å². The standard InChI is InChI=1S/C19H25ClO4/c1-5-11(2)8-12(3)6-7-13-9-14-15(10-24-13)17(21)19(4,23)18(22)16(14)20/h6-9,11,15,17,21,23H,5,10H2,1-4H3/b7-6+,12-8+/t11?,15-,17+,19-/m1/s1. The molecule has 2 N–H and O–H groups in total. The van der Waals surface area contributed by atoms with Gasteiger partial charge in [-0.15, -0.1) is 0 Å². The van der Waals surface area contributed by atoms with E-state index in [-0.39, 0.29) is 11.6 Å². The summed E-state index contributed by atoms with van der Waals surface area (Å²) in [6.45, 7) is 7.76. The molecule has 0 amide bonds. The number of carbonyl (C=O) groups is 1. The molecule has 1 aliphatic carbocycles. The van der Waals surface area contributed by atoms with Crippen molar-refractivity contribution in [2.45, 2.75) is 45.8 Å². The number of rotatable bonds is 4. The number of hydrogen-bond acceptors (Lipinski definition) is 4. The summed E-state index contributed by atoms with van der Waals surface area (Å²) in [7, 11) is 0. The second-order valence-corrected chi connectivity index (χ2v) is 7.16. The van der Waals surface area contributed by atoms with Crippen LogP contribution >= 0.6 is 11.6 Å². The molecule has 0 saturated carbocycles. The fourth-order valence-electron chi connectivity index (χ4n) is 2.88. The van der Waals surface area contributed by atoms with Crippen LogP contribution in [0.4, 0.5) is 0 Å². The van der Waals surface area contributed by atoms with E-state index in [2.05, 4.69) is 19.9 Å². The fourth-order valence-corrected chi connectivity index (χ4v) is 3.26. The number of aliphatic hydroxyl groups excluding tert-OH is 1. The normalized spacial score (nSPS) is 32.5. The Morgan fingerprint density at radius 2 is 2.25 bits per heavy atom. The number of hydrogen-bond donors (Lipinski definition) is 2. The van der Waals surface area contributed by atoms with Gasteiger partial charge in [0, 0.05) is 5.92 Å². The zero-order chi connectivity index (χ0) is 18.1. The van der Waals surface area contributed by atoms with Crippen molar-refractivity contribution in [3.05, 3.63) is 46.2 Å². The summed E-state index contributed by atoms with van der Waals surface area (Å²) in [4.78, 5) is 12.1. The summed E-state index contributed by atoms with van der Waals surface area (Å²) in [5.74, 6) is -0.0834. The second-order valence-electron chi connectivity index (χ2n) is 6.78. The highest BCUT2D eigenvalue weighted by Crippen LogP contribution is 2.40. The molecule has 2 aliphatic rings. The maximum Gasteiger partial charge on any atom is 0.208 e. The third-order valence-corrected chi connectivity index (χ3v) is 5.09. The Morgan fingerprint density at radius 3 is 2.88 bits per heavy atom. The lowest BCUT2D eigenvalue weighted by molar-refractivity contribution is -0.150. The van der Waals surface area contributed by atoms with Gasteiger partial charge >= 0.3 is 0 Å². The second kappa shape index (κ2) is 7.26. The van der Waals surface area contributed by atoms with E-state index < -0.39 is 23.4 Å². The molecule has 0 saturated heterocycles. The summed E-state index contributed by atoms with van der Waals surface area (Å²) < 4.78 is 5.65. The molecule has 0 aromatic carbocycles. The van der Waals surface area contributed by atoms with E-state index >= 15 is 0 Å². The number of aliphatic hydroxyl groups is 2. The molecule has 0 radical (unpaired) electrons. The first-order valence-corrected chi connectivity index (χ1v) is 8.62. The smallest absolute Gasteiger partial charge is 0.208 e. The van der Waals surface area contributed by atoms with Crippen LogP contribution < -0.4 is 0 Å². The minimum atomic E-state index is -1.88. The van der Waals surface area contributed by atoms with Gasteiger partial charge in [-0.3, -0.25) is 4.79 Å². The third kappa shape index (κ3) is 3.66. The Hall–Kier alpha value is -1.36. The monoisotopic (exact) mass is 352 g/mol. The molecule has 4 nitrogen and oxygen atoms in total. The molecular weight excluding hydrogens is 328 g/mol. The minimum absolute atomic E-state index is 0.0311. The Bertz CT molecular complexity index is 640. The zero-order valence-electron chi connectivity index (χ0n) is 14.5. The number of fused-ring (bicyclic) bond motifs is 1. The van der Waals surface area contributed by atoms with Crippen molar-refractivity contribution in [2.24, 2.45) is 11.8 Å². The van der Waals surface area contributed by atoms with Crippen LogP contribution in [0.2, 0.25) is 0 Å². The van der Waals surface area contributed by atoms with Gasteiger partial charge in [0.1, 0.15) is 11.9 Å². The minimum Gasteiger partial charge on any atom is -0.493 e. The molecule has 132 valence electrons. The maximum absolute atomic E-state index is 12.1. The number of allylic oxidation sites excluding steroid dienone is 5. The summed E-state index contributed by atoms with van der Waals surface area (Å²) in [5.41, 5.74) is -0.236. The quantitative estimate of drug-likeness (QED) is 0.762. The van der Waals surface area contributed by atoms with E-state index in [4.69, 9.17) is 16.3 Å². The summed E-state index contributed by atoms with van der Waals surface area (Å²) in [5, 5.41) is 20.4. The van der Waals surface area contributed by atoms with Crippen LogP contribution in [0, 0.1) is 11.8 Å². The van der Waals surface area contributed by atoms with Gasteiger partial charge in [0.05, 0.1) is 11.6 Å². The highest BCUT2D eigenvalue weighted by Gasteiger charge is 2.50. The topological polar surface area (TPSA) is 66.8 Å². The van der Waals surface area contributed by atoms with Crippen LogP contribution in [-0.2, 0) is 9.53 Å². The van der Waals surface area contributed by atoms with Crippen LogP contribution in [0.1, 0.15) is 34.1 Å². The molecule has 0 spiro atoms. The van der Waals surface area contributed by atoms with Crippen LogP contribution in [0.25, 0.3) is 0 Å². The van der Waals surface area contributed by atoms with Gasteiger partial charge in [-0.2, -0.15) is 0 Å². The van der Waals surface area contributed by atoms with Crippen LogP contribution in [0.3, 0.4) is 0 Å². The summed E-state index contributed by atoms with van der Waals surface area (Å²) in [6.07, 6.45) is 7.46. The van der Waals surface area contributed by atoms with Gasteiger partial charge in [-0.05, 0) is 37.5 Å². The summed E-state index contributed by atoms with van der Waals surface area (Å²) in [6, 6.07) is 0. The molecule has 0 aromatic rings. The SMILES string of the molecule is CCC(C)/C=C(C)/C=C/C1=CC2=C(Cl)C(=O)[C@](C)(O)[C@@H](O)[C@@H]2CO1. The summed E-state index contributed by atoms with van der Waals surface area (Å²) >= 11 is 6.13. The van der Waals surface area contributed by atoms with Gasteiger partial charge in [0.15, 0.2) is 5.60 Å². The highest BCUT2D eigenvalue weighted by atomic mass is 35.5. The van der Waals surface area contributed by atoms with Crippen molar-refractivity contribution in [3.63, 3.8) is 0 Å². The molecule has 4 atom stereocenters. The molecule has 1 aliphatic heterocycles. The Morgan fingerprint density at radius 1 is 1.58 bits per heavy atom. The first kappa shape index (κ1) is 19.0. The number of halogens is 1. The molecule has 5 heteroatoms. The largest absolute Gasteiger partial charge is 0.493 e. The lowest BCUT2D eigenvalue weighted by Crippen LogP contribution is -2.55. The van der Waals surface area contributed by atoms with Crippen LogP contribution in [0.15, 0.2) is 46.2 Å². The van der Waals surface area contributed by atoms with Crippen molar-refractivity contribution >= 4 is 17.4 Å². The molecule has 24 heavy (non-hydrogen) atoms. The van der Waals surface area contributed by atoms with Crippen molar-refractivity contribution < 1.29 is 19.7 Å². The van der Waals surface area contributed by atoms with Gasteiger partial charge in [0.25, 0.3) is 0 Å². The van der Waals surface area contributed by atoms with Gasteiger partial charge < -0.3 is 14.9 Å². The highest BCUT2D eigenvalue weighted by molar-refractivity contribution is 6.44. The van der Waals surface area contributed by atoms with E-state index in [0.29, 0.717) is 17.3 Å². The molecule has 0 aromatic heterocycles. The lowest BCUT2D eigenvalue weighted by atomic mass is 9.75. The van der Waals surface area contributed by atoms with Crippen LogP contribution in [0.5, 0.6) is 0 Å². The first-order valence-electron chi connectivity index (χ1n) is 8.24. The van der Waals surface area contributed by atoms with E-state index in [1.165, 1.54) is 6.92 Å². The van der Waals surface area contributed by atoms with Crippen molar-refractivity contribution in [1.82, 2.24) is 0 Å². The molecule has 2 rings (SSSR count). The molecule has 1 unspecified atom stereocenters. The van der Waals surface area contributed by atoms with E-state index in [0.717, 1.165) is 12.0 Å². The predicted molar refractivity (Wildman–Crippen MR) is 94.4 cm³/mol. The average molecular weight is 353 g/mol. The van der Waals surface area contributed by atoms with E-state index in [1.54, 1.807) is 6.08 Å². The molecule has 0 bridgehead atoms. The fraction of sp³-hybridized carbons (Fsp3) is 0.526. The maximum atomic E-state index is 12.1. The Kier molecular flexibility index (Phi) is 5.74. The third-order valence-electron chi connectivity index (χ3n) is 4.70. The zero-order valence-corrected chi connectivity index (χ0v) is 15.3. The van der Waals surface area contributed by atoms with Gasteiger partial charge in [-0.25, -0.2) is 0 Å². The van der Waals surface area contributed by atoms with E-state index in [9.17, 15) is 15.0 Å². The predicted octanol–water partition coefficient (Wildman–Crippen LogP) is 3.25. The number of ketones is 1. The molecule has 1 heterocycles. The first-order chi connectivity index (χ1) is 11.2. The number of Topliss-reactive ketones (excluding diaryl/α,β-unsaturated/α-hetero) is 1. The Labute approximate surface area is 148 Å². The Balaban J connectivity index is 2.28. The van der Waals surface area contributed by atoms with Gasteiger partial charge in [0.2, 0.25) is 5.78 Å². The molecular formula is C19H25ClO4. The van der Waals surface area contributed by atoms with Gasteiger partial charge in [-0.1, -0.05) is 49.6 Å². The number of carbonyl (C=O) groups excluding carboxylic acids is 1. The van der Waals surface area contributed by atoms with E-state index in [1.807, 2.05) is 19.1 Å². The van der Waals surface area contributed by atoms with Crippen molar-refractivity contribution in [1.29, 1.82) is 0 Å². The lowest BCUT2D eigenvalue weighted by Gasteiger charge is -2.40. The average Bonchev–Trinajstić information content (AvgIpc) is 2.56. The molecule has 0 fully saturated rings. The van der Waals surface area contributed by atoms with Crippen LogP contribution in [-0.4, -0.2) is 34.3 Å². The van der Waals surface area contributed by atoms with Crippen molar-refractivity contribution in [3.8, 4) is 0 Å².